The highest BCUT2D eigenvalue weighted by Gasteiger charge is 2.36. The quantitative estimate of drug-likeness (QED) is 0.721. The lowest BCUT2D eigenvalue weighted by molar-refractivity contribution is 0.0495. The van der Waals surface area contributed by atoms with Gasteiger partial charge in [-0.2, -0.15) is 4.31 Å². The first kappa shape index (κ1) is 20.0. The Hall–Kier alpha value is -1.35. The molecule has 1 aromatic carbocycles. The zero-order valence-electron chi connectivity index (χ0n) is 15.6. The van der Waals surface area contributed by atoms with Crippen LogP contribution in [0.4, 0.5) is 0 Å². The van der Waals surface area contributed by atoms with Crippen molar-refractivity contribution in [2.45, 2.75) is 30.8 Å². The number of hydrogen-bond acceptors (Lipinski definition) is 6. The average Bonchev–Trinajstić information content (AvgIpc) is 2.60. The van der Waals surface area contributed by atoms with E-state index in [1.54, 1.807) is 23.5 Å². The fourth-order valence-electron chi connectivity index (χ4n) is 3.27. The van der Waals surface area contributed by atoms with Crippen LogP contribution >= 0.6 is 0 Å². The maximum absolute atomic E-state index is 13.1. The molecule has 7 nitrogen and oxygen atoms in total. The van der Waals surface area contributed by atoms with Crippen molar-refractivity contribution in [3.8, 4) is 11.5 Å². The van der Waals surface area contributed by atoms with E-state index in [4.69, 9.17) is 14.2 Å². The zero-order chi connectivity index (χ0) is 18.6. The molecule has 25 heavy (non-hydrogen) atoms. The Labute approximate surface area is 150 Å². The monoisotopic (exact) mass is 372 g/mol. The molecule has 1 fully saturated rings. The first-order valence-corrected chi connectivity index (χ1v) is 9.76. The van der Waals surface area contributed by atoms with E-state index in [9.17, 15) is 8.42 Å². The van der Waals surface area contributed by atoms with Crippen LogP contribution in [0.3, 0.4) is 0 Å². The van der Waals surface area contributed by atoms with Crippen molar-refractivity contribution in [2.75, 3.05) is 47.6 Å². The largest absolute Gasteiger partial charge is 0.493 e. The van der Waals surface area contributed by atoms with Crippen LogP contribution in [0.2, 0.25) is 0 Å². The number of rotatable bonds is 7. The number of methoxy groups -OCH3 is 3. The third-order valence-electron chi connectivity index (χ3n) is 4.61. The van der Waals surface area contributed by atoms with Gasteiger partial charge in [0.1, 0.15) is 0 Å². The summed E-state index contributed by atoms with van der Waals surface area (Å²) >= 11 is 0. The van der Waals surface area contributed by atoms with Gasteiger partial charge in [0.25, 0.3) is 0 Å². The summed E-state index contributed by atoms with van der Waals surface area (Å²) in [5, 5.41) is 0. The molecule has 1 saturated heterocycles. The molecular formula is C17H28N2O5S. The lowest BCUT2D eigenvalue weighted by Gasteiger charge is -2.43. The molecular weight excluding hydrogens is 344 g/mol. The molecule has 0 amide bonds. The normalized spacial score (nSPS) is 22.8. The van der Waals surface area contributed by atoms with Crippen LogP contribution in [0.5, 0.6) is 11.5 Å². The van der Waals surface area contributed by atoms with Gasteiger partial charge in [0.2, 0.25) is 10.0 Å². The van der Waals surface area contributed by atoms with Gasteiger partial charge in [0.05, 0.1) is 25.7 Å². The van der Waals surface area contributed by atoms with E-state index in [1.165, 1.54) is 20.3 Å². The summed E-state index contributed by atoms with van der Waals surface area (Å²) in [4.78, 5) is 2.50. The average molecular weight is 372 g/mol. The molecule has 1 aliphatic heterocycles. The molecule has 8 heteroatoms. The van der Waals surface area contributed by atoms with Crippen molar-refractivity contribution in [3.05, 3.63) is 18.2 Å². The molecule has 2 rings (SSSR count). The first-order chi connectivity index (χ1) is 11.8. The summed E-state index contributed by atoms with van der Waals surface area (Å²) in [5.41, 5.74) is 0. The molecule has 0 N–H and O–H groups in total. The fraction of sp³-hybridized carbons (Fsp3) is 0.647. The summed E-state index contributed by atoms with van der Waals surface area (Å²) in [7, 11) is 1.10. The van der Waals surface area contributed by atoms with E-state index in [2.05, 4.69) is 4.90 Å². The van der Waals surface area contributed by atoms with Crippen molar-refractivity contribution in [1.82, 2.24) is 9.21 Å². The number of hydrogen-bond donors (Lipinski definition) is 0. The molecule has 1 aliphatic rings. The van der Waals surface area contributed by atoms with Crippen molar-refractivity contribution < 1.29 is 22.6 Å². The number of nitrogens with zero attached hydrogens (tertiary/aromatic N) is 2. The van der Waals surface area contributed by atoms with E-state index >= 15 is 0 Å². The number of ether oxygens (including phenoxy) is 3. The molecule has 2 atom stereocenters. The third kappa shape index (κ3) is 4.25. The van der Waals surface area contributed by atoms with Crippen molar-refractivity contribution in [1.29, 1.82) is 0 Å². The summed E-state index contributed by atoms with van der Waals surface area (Å²) < 4.78 is 43.2. The van der Waals surface area contributed by atoms with Gasteiger partial charge in [-0.1, -0.05) is 0 Å². The minimum Gasteiger partial charge on any atom is -0.493 e. The summed E-state index contributed by atoms with van der Waals surface area (Å²) in [6.45, 7) is 6.42. The summed E-state index contributed by atoms with van der Waals surface area (Å²) in [6.07, 6.45) is 0. The minimum atomic E-state index is -3.59. The highest BCUT2D eigenvalue weighted by atomic mass is 32.2. The Kier molecular flexibility index (Phi) is 6.67. The van der Waals surface area contributed by atoms with Gasteiger partial charge >= 0.3 is 0 Å². The van der Waals surface area contributed by atoms with Gasteiger partial charge in [-0.25, -0.2) is 8.42 Å². The molecule has 0 bridgehead atoms. The lowest BCUT2D eigenvalue weighted by atomic mass is 10.1. The molecule has 0 aliphatic carbocycles. The van der Waals surface area contributed by atoms with Crippen molar-refractivity contribution in [3.63, 3.8) is 0 Å². The van der Waals surface area contributed by atoms with Gasteiger partial charge in [-0.3, -0.25) is 4.90 Å². The van der Waals surface area contributed by atoms with Crippen LogP contribution in [0.25, 0.3) is 0 Å². The standard InChI is InChI=1S/C17H28N2O5S/c1-13-11-18(12-14(2)19(13)8-9-22-3)25(20,21)15-6-7-16(23-4)17(10-15)24-5/h6-7,10,13-14H,8-9,11-12H2,1-5H3. The van der Waals surface area contributed by atoms with Gasteiger partial charge < -0.3 is 14.2 Å². The number of benzene rings is 1. The van der Waals surface area contributed by atoms with Crippen LogP contribution in [-0.2, 0) is 14.8 Å². The van der Waals surface area contributed by atoms with Crippen LogP contribution in [-0.4, -0.2) is 77.3 Å². The Morgan fingerprint density at radius 2 is 1.64 bits per heavy atom. The van der Waals surface area contributed by atoms with E-state index < -0.39 is 10.0 Å². The van der Waals surface area contributed by atoms with Gasteiger partial charge in [0.15, 0.2) is 11.5 Å². The van der Waals surface area contributed by atoms with E-state index in [-0.39, 0.29) is 17.0 Å². The molecule has 0 saturated carbocycles. The zero-order valence-corrected chi connectivity index (χ0v) is 16.4. The second-order valence-electron chi connectivity index (χ2n) is 6.27. The van der Waals surface area contributed by atoms with Crippen LogP contribution < -0.4 is 9.47 Å². The topological polar surface area (TPSA) is 68.3 Å². The molecule has 0 radical (unpaired) electrons. The fourth-order valence-corrected chi connectivity index (χ4v) is 4.89. The Balaban J connectivity index is 2.23. The van der Waals surface area contributed by atoms with Gasteiger partial charge in [0, 0.05) is 44.9 Å². The van der Waals surface area contributed by atoms with Gasteiger partial charge in [-0.15, -0.1) is 0 Å². The summed E-state index contributed by atoms with van der Waals surface area (Å²) in [5.74, 6) is 0.913. The third-order valence-corrected chi connectivity index (χ3v) is 6.44. The Bertz CT molecular complexity index is 668. The predicted molar refractivity (Wildman–Crippen MR) is 95.8 cm³/mol. The number of sulfonamides is 1. The highest BCUT2D eigenvalue weighted by molar-refractivity contribution is 7.89. The maximum atomic E-state index is 13.1. The van der Waals surface area contributed by atoms with Gasteiger partial charge in [-0.05, 0) is 26.0 Å². The summed E-state index contributed by atoms with van der Waals surface area (Å²) in [6, 6.07) is 4.93. The molecule has 2 unspecified atom stereocenters. The second-order valence-corrected chi connectivity index (χ2v) is 8.21. The van der Waals surface area contributed by atoms with E-state index in [0.29, 0.717) is 31.2 Å². The highest BCUT2D eigenvalue weighted by Crippen LogP contribution is 2.31. The van der Waals surface area contributed by atoms with Crippen molar-refractivity contribution in [2.24, 2.45) is 0 Å². The molecule has 0 spiro atoms. The molecule has 1 aromatic rings. The molecule has 0 aromatic heterocycles. The van der Waals surface area contributed by atoms with Crippen LogP contribution in [0.15, 0.2) is 23.1 Å². The number of piperazine rings is 1. The first-order valence-electron chi connectivity index (χ1n) is 8.32. The van der Waals surface area contributed by atoms with E-state index in [0.717, 1.165) is 6.54 Å². The Morgan fingerprint density at radius 3 is 2.16 bits per heavy atom. The second kappa shape index (κ2) is 8.35. The maximum Gasteiger partial charge on any atom is 0.243 e. The van der Waals surface area contributed by atoms with E-state index in [1.807, 2.05) is 13.8 Å². The minimum absolute atomic E-state index is 0.119. The lowest BCUT2D eigenvalue weighted by Crippen LogP contribution is -2.58. The SMILES string of the molecule is COCCN1C(C)CN(S(=O)(=O)c2ccc(OC)c(OC)c2)CC1C. The smallest absolute Gasteiger partial charge is 0.243 e. The molecule has 1 heterocycles. The Morgan fingerprint density at radius 1 is 1.04 bits per heavy atom. The molecule has 142 valence electrons. The van der Waals surface area contributed by atoms with Crippen LogP contribution in [0.1, 0.15) is 13.8 Å². The van der Waals surface area contributed by atoms with Crippen LogP contribution in [0, 0.1) is 0 Å². The predicted octanol–water partition coefficient (Wildman–Crippen LogP) is 1.43. The van der Waals surface area contributed by atoms with Crippen molar-refractivity contribution >= 4 is 10.0 Å².